The molecule has 12 heavy (non-hydrogen) atoms. The summed E-state index contributed by atoms with van der Waals surface area (Å²) in [5.41, 5.74) is 1.24. The summed E-state index contributed by atoms with van der Waals surface area (Å²) in [6, 6.07) is 7.89. The summed E-state index contributed by atoms with van der Waals surface area (Å²) in [6.07, 6.45) is 1.75. The Balaban J connectivity index is 2.53. The van der Waals surface area contributed by atoms with E-state index in [4.69, 9.17) is 8.17 Å². The van der Waals surface area contributed by atoms with Crippen LogP contribution in [-0.4, -0.2) is 11.7 Å². The largest absolute Gasteiger partial charge is 0.428 e. The molecular formula is C9H11IO2. The third kappa shape index (κ3) is 2.98. The van der Waals surface area contributed by atoms with Gasteiger partial charge in [0.05, 0.1) is 0 Å². The second kappa shape index (κ2) is 5.37. The van der Waals surface area contributed by atoms with E-state index in [1.807, 2.05) is 47.3 Å². The first kappa shape index (κ1) is 9.80. The maximum atomic E-state index is 8.60. The van der Waals surface area contributed by atoms with Crippen molar-refractivity contribution in [2.45, 2.75) is 12.8 Å². The average molecular weight is 278 g/mol. The molecular weight excluding hydrogens is 267 g/mol. The Labute approximate surface area is 86.2 Å². The summed E-state index contributed by atoms with van der Waals surface area (Å²) >= 11 is 1.85. The van der Waals surface area contributed by atoms with Gasteiger partial charge in [-0.05, 0) is 30.5 Å². The van der Waals surface area contributed by atoms with Crippen LogP contribution >= 0.6 is 23.0 Å². The summed E-state index contributed by atoms with van der Waals surface area (Å²) in [5.74, 6) is 0.864. The van der Waals surface area contributed by atoms with E-state index in [2.05, 4.69) is 0 Å². The fourth-order valence-corrected chi connectivity index (χ4v) is 1.28. The van der Waals surface area contributed by atoms with Crippen molar-refractivity contribution in [3.63, 3.8) is 0 Å². The molecule has 2 nitrogen and oxygen atoms in total. The molecule has 0 fully saturated rings. The van der Waals surface area contributed by atoms with Gasteiger partial charge in [-0.15, -0.1) is 0 Å². The van der Waals surface area contributed by atoms with E-state index in [0.29, 0.717) is 0 Å². The Morgan fingerprint density at radius 3 is 2.42 bits per heavy atom. The van der Waals surface area contributed by atoms with Crippen LogP contribution in [0.15, 0.2) is 24.3 Å². The van der Waals surface area contributed by atoms with Crippen molar-refractivity contribution in [1.82, 2.24) is 0 Å². The van der Waals surface area contributed by atoms with Crippen molar-refractivity contribution >= 4 is 23.0 Å². The van der Waals surface area contributed by atoms with Gasteiger partial charge in [-0.2, -0.15) is 0 Å². The molecule has 0 aliphatic heterocycles. The predicted molar refractivity (Wildman–Crippen MR) is 56.5 cm³/mol. The minimum atomic E-state index is 0.254. The summed E-state index contributed by atoms with van der Waals surface area (Å²) in [6.45, 7) is 0.254. The van der Waals surface area contributed by atoms with Crippen LogP contribution in [0, 0.1) is 0 Å². The van der Waals surface area contributed by atoms with Crippen LogP contribution in [0.1, 0.15) is 12.0 Å². The molecule has 0 radical (unpaired) electrons. The Hall–Kier alpha value is -0.290. The zero-order valence-electron chi connectivity index (χ0n) is 6.66. The molecule has 0 unspecified atom stereocenters. The molecule has 1 aromatic rings. The molecule has 0 spiro atoms. The molecule has 0 saturated carbocycles. The highest BCUT2D eigenvalue weighted by Gasteiger charge is 1.93. The van der Waals surface area contributed by atoms with Gasteiger partial charge in [0, 0.05) is 6.61 Å². The monoisotopic (exact) mass is 278 g/mol. The van der Waals surface area contributed by atoms with Crippen LogP contribution in [0.4, 0.5) is 0 Å². The number of aliphatic hydroxyl groups is 1. The summed E-state index contributed by atoms with van der Waals surface area (Å²) in [7, 11) is 0. The second-order valence-electron chi connectivity index (χ2n) is 2.55. The minimum absolute atomic E-state index is 0.254. The average Bonchev–Trinajstić information content (AvgIpc) is 2.15. The van der Waals surface area contributed by atoms with Crippen LogP contribution in [0.3, 0.4) is 0 Å². The van der Waals surface area contributed by atoms with Crippen molar-refractivity contribution < 1.29 is 8.17 Å². The summed E-state index contributed by atoms with van der Waals surface area (Å²) in [4.78, 5) is 0. The molecule has 0 amide bonds. The first-order valence-corrected chi connectivity index (χ1v) is 4.73. The molecule has 0 bridgehead atoms. The van der Waals surface area contributed by atoms with E-state index in [1.165, 1.54) is 5.56 Å². The number of halogens is 1. The Bertz CT molecular complexity index is 220. The second-order valence-corrected chi connectivity index (χ2v) is 2.99. The standard InChI is InChI=1S/C9H11IO2/c10-12-9-5-3-8(4-6-9)2-1-7-11/h3-6,11H,1-2,7H2. The SMILES string of the molecule is OCCCc1ccc(OI)cc1. The van der Waals surface area contributed by atoms with Gasteiger partial charge in [0.15, 0.2) is 23.0 Å². The van der Waals surface area contributed by atoms with E-state index in [0.717, 1.165) is 18.6 Å². The highest BCUT2D eigenvalue weighted by Crippen LogP contribution is 2.14. The molecule has 3 heteroatoms. The molecule has 0 aromatic heterocycles. The van der Waals surface area contributed by atoms with Gasteiger partial charge < -0.3 is 8.17 Å². The lowest BCUT2D eigenvalue weighted by molar-refractivity contribution is 0.288. The topological polar surface area (TPSA) is 29.5 Å². The molecule has 0 aliphatic carbocycles. The maximum Gasteiger partial charge on any atom is 0.192 e. The van der Waals surface area contributed by atoms with Crippen molar-refractivity contribution in [2.24, 2.45) is 0 Å². The molecule has 1 N–H and O–H groups in total. The lowest BCUT2D eigenvalue weighted by Gasteiger charge is -2.00. The fraction of sp³-hybridized carbons (Fsp3) is 0.333. The Morgan fingerprint density at radius 1 is 1.25 bits per heavy atom. The van der Waals surface area contributed by atoms with E-state index in [1.54, 1.807) is 0 Å². The zero-order chi connectivity index (χ0) is 8.81. The third-order valence-electron chi connectivity index (χ3n) is 1.64. The number of rotatable bonds is 4. The van der Waals surface area contributed by atoms with Crippen molar-refractivity contribution in [3.05, 3.63) is 29.8 Å². The fourth-order valence-electron chi connectivity index (χ4n) is 0.991. The first-order valence-electron chi connectivity index (χ1n) is 3.85. The molecule has 66 valence electrons. The van der Waals surface area contributed by atoms with Gasteiger partial charge in [0.2, 0.25) is 0 Å². The van der Waals surface area contributed by atoms with E-state index < -0.39 is 0 Å². The minimum Gasteiger partial charge on any atom is -0.428 e. The van der Waals surface area contributed by atoms with Crippen LogP contribution in [0.2, 0.25) is 0 Å². The van der Waals surface area contributed by atoms with Gasteiger partial charge in [-0.1, -0.05) is 12.1 Å². The number of hydrogen-bond donors (Lipinski definition) is 1. The Morgan fingerprint density at radius 2 is 1.92 bits per heavy atom. The van der Waals surface area contributed by atoms with Gasteiger partial charge in [0.25, 0.3) is 0 Å². The molecule has 1 aromatic carbocycles. The van der Waals surface area contributed by atoms with Gasteiger partial charge in [0.1, 0.15) is 5.75 Å². The molecule has 0 heterocycles. The molecule has 1 rings (SSSR count). The van der Waals surface area contributed by atoms with E-state index >= 15 is 0 Å². The van der Waals surface area contributed by atoms with Gasteiger partial charge in [-0.25, -0.2) is 0 Å². The zero-order valence-corrected chi connectivity index (χ0v) is 8.82. The predicted octanol–water partition coefficient (Wildman–Crippen LogP) is 2.34. The van der Waals surface area contributed by atoms with Crippen LogP contribution in [-0.2, 0) is 6.42 Å². The van der Waals surface area contributed by atoms with E-state index in [-0.39, 0.29) is 6.61 Å². The summed E-state index contributed by atoms with van der Waals surface area (Å²) < 4.78 is 4.99. The number of benzene rings is 1. The quantitative estimate of drug-likeness (QED) is 0.857. The highest BCUT2D eigenvalue weighted by atomic mass is 127. The number of aryl methyl sites for hydroxylation is 1. The van der Waals surface area contributed by atoms with Crippen molar-refractivity contribution in [3.8, 4) is 5.75 Å². The van der Waals surface area contributed by atoms with Crippen LogP contribution in [0.25, 0.3) is 0 Å². The van der Waals surface area contributed by atoms with Gasteiger partial charge >= 0.3 is 0 Å². The maximum absolute atomic E-state index is 8.60. The highest BCUT2D eigenvalue weighted by molar-refractivity contribution is 14.1. The lowest BCUT2D eigenvalue weighted by atomic mass is 10.1. The normalized spacial score (nSPS) is 9.83. The Kier molecular flexibility index (Phi) is 4.39. The lowest BCUT2D eigenvalue weighted by Crippen LogP contribution is -1.88. The summed E-state index contributed by atoms with van der Waals surface area (Å²) in [5, 5.41) is 8.60. The molecule has 0 aliphatic rings. The third-order valence-corrected chi connectivity index (χ3v) is 2.14. The molecule has 0 atom stereocenters. The van der Waals surface area contributed by atoms with E-state index in [9.17, 15) is 0 Å². The van der Waals surface area contributed by atoms with Gasteiger partial charge in [-0.3, -0.25) is 0 Å². The first-order chi connectivity index (χ1) is 5.86. The molecule has 0 saturated heterocycles. The van der Waals surface area contributed by atoms with Crippen LogP contribution < -0.4 is 3.07 Å². The smallest absolute Gasteiger partial charge is 0.192 e. The number of aliphatic hydroxyl groups excluding tert-OH is 1. The number of hydrogen-bond acceptors (Lipinski definition) is 2. The van der Waals surface area contributed by atoms with Crippen LogP contribution in [0.5, 0.6) is 5.75 Å². The van der Waals surface area contributed by atoms with Crippen molar-refractivity contribution in [2.75, 3.05) is 6.61 Å². The van der Waals surface area contributed by atoms with Crippen molar-refractivity contribution in [1.29, 1.82) is 0 Å².